The summed E-state index contributed by atoms with van der Waals surface area (Å²) < 4.78 is 5.66. The normalized spacial score (nSPS) is 34.7. The first-order valence-electron chi connectivity index (χ1n) is 8.17. The number of carbonyl (C=O) groups is 1. The standard InChI is InChI=1S/C16H29NO3/c1-13-5-4-9-16(11-13,12-18)17-15(19)8-7-14-6-2-3-10-20-14/h13-14,18H,2-12H2,1H3,(H,17,19). The molecule has 0 aromatic carbocycles. The van der Waals surface area contributed by atoms with Gasteiger partial charge in [-0.3, -0.25) is 4.79 Å². The molecular weight excluding hydrogens is 254 g/mol. The van der Waals surface area contributed by atoms with Crippen LogP contribution in [0, 0.1) is 5.92 Å². The molecule has 3 unspecified atom stereocenters. The van der Waals surface area contributed by atoms with Crippen LogP contribution in [0.1, 0.15) is 64.7 Å². The molecule has 2 N–H and O–H groups in total. The summed E-state index contributed by atoms with van der Waals surface area (Å²) in [5, 5.41) is 12.8. The van der Waals surface area contributed by atoms with Gasteiger partial charge in [-0.05, 0) is 44.4 Å². The third-order valence-corrected chi connectivity index (χ3v) is 4.77. The van der Waals surface area contributed by atoms with Crippen LogP contribution in [0.3, 0.4) is 0 Å². The molecule has 1 saturated carbocycles. The highest BCUT2D eigenvalue weighted by molar-refractivity contribution is 5.76. The predicted octanol–water partition coefficient (Wildman–Crippen LogP) is 2.39. The first kappa shape index (κ1) is 15.8. The van der Waals surface area contributed by atoms with Crippen molar-refractivity contribution in [2.24, 2.45) is 5.92 Å². The van der Waals surface area contributed by atoms with Crippen LogP contribution in [-0.2, 0) is 9.53 Å². The summed E-state index contributed by atoms with van der Waals surface area (Å²) in [4.78, 5) is 12.1. The van der Waals surface area contributed by atoms with Crippen LogP contribution in [0.15, 0.2) is 0 Å². The minimum atomic E-state index is -0.373. The molecule has 116 valence electrons. The number of aliphatic hydroxyl groups is 1. The van der Waals surface area contributed by atoms with Crippen LogP contribution in [0.25, 0.3) is 0 Å². The molecule has 4 heteroatoms. The molecule has 0 radical (unpaired) electrons. The van der Waals surface area contributed by atoms with Gasteiger partial charge < -0.3 is 15.2 Å². The van der Waals surface area contributed by atoms with E-state index in [-0.39, 0.29) is 24.2 Å². The summed E-state index contributed by atoms with van der Waals surface area (Å²) in [5.41, 5.74) is -0.373. The van der Waals surface area contributed by atoms with E-state index in [1.165, 1.54) is 12.8 Å². The summed E-state index contributed by atoms with van der Waals surface area (Å²) >= 11 is 0. The van der Waals surface area contributed by atoms with E-state index in [1.54, 1.807) is 0 Å². The van der Waals surface area contributed by atoms with Gasteiger partial charge in [-0.25, -0.2) is 0 Å². The van der Waals surface area contributed by atoms with Gasteiger partial charge in [0, 0.05) is 13.0 Å². The molecule has 2 fully saturated rings. The fourth-order valence-corrected chi connectivity index (χ4v) is 3.64. The van der Waals surface area contributed by atoms with Gasteiger partial charge in [-0.2, -0.15) is 0 Å². The second-order valence-electron chi connectivity index (χ2n) is 6.72. The van der Waals surface area contributed by atoms with Crippen molar-refractivity contribution < 1.29 is 14.6 Å². The van der Waals surface area contributed by atoms with Crippen molar-refractivity contribution in [3.8, 4) is 0 Å². The lowest BCUT2D eigenvalue weighted by Gasteiger charge is -2.39. The smallest absolute Gasteiger partial charge is 0.220 e. The summed E-state index contributed by atoms with van der Waals surface area (Å²) in [6.07, 6.45) is 9.11. The van der Waals surface area contributed by atoms with Gasteiger partial charge in [0.25, 0.3) is 0 Å². The third kappa shape index (κ3) is 4.45. The van der Waals surface area contributed by atoms with E-state index in [9.17, 15) is 9.90 Å². The Labute approximate surface area is 122 Å². The van der Waals surface area contributed by atoms with Crippen molar-refractivity contribution in [2.75, 3.05) is 13.2 Å². The van der Waals surface area contributed by atoms with Crippen LogP contribution < -0.4 is 5.32 Å². The molecule has 3 atom stereocenters. The number of ether oxygens (including phenoxy) is 1. The lowest BCUT2D eigenvalue weighted by Crippen LogP contribution is -2.53. The molecule has 1 aliphatic carbocycles. The van der Waals surface area contributed by atoms with E-state index in [4.69, 9.17) is 4.74 Å². The minimum absolute atomic E-state index is 0.0585. The molecule has 20 heavy (non-hydrogen) atoms. The zero-order valence-corrected chi connectivity index (χ0v) is 12.7. The van der Waals surface area contributed by atoms with Crippen molar-refractivity contribution in [1.29, 1.82) is 0 Å². The molecule has 0 bridgehead atoms. The summed E-state index contributed by atoms with van der Waals surface area (Å²) in [6, 6.07) is 0. The van der Waals surface area contributed by atoms with Gasteiger partial charge in [0.2, 0.25) is 5.91 Å². The predicted molar refractivity (Wildman–Crippen MR) is 78.4 cm³/mol. The second kappa shape index (κ2) is 7.41. The highest BCUT2D eigenvalue weighted by Crippen LogP contribution is 2.32. The van der Waals surface area contributed by atoms with E-state index in [0.717, 1.165) is 45.1 Å². The van der Waals surface area contributed by atoms with Crippen LogP contribution in [0.2, 0.25) is 0 Å². The van der Waals surface area contributed by atoms with Gasteiger partial charge in [-0.15, -0.1) is 0 Å². The lowest BCUT2D eigenvalue weighted by molar-refractivity contribution is -0.125. The molecule has 1 amide bonds. The number of nitrogens with one attached hydrogen (secondary N) is 1. The Morgan fingerprint density at radius 3 is 2.85 bits per heavy atom. The highest BCUT2D eigenvalue weighted by atomic mass is 16.5. The number of hydrogen-bond donors (Lipinski definition) is 2. The van der Waals surface area contributed by atoms with Gasteiger partial charge >= 0.3 is 0 Å². The maximum Gasteiger partial charge on any atom is 0.220 e. The Bertz CT molecular complexity index is 315. The van der Waals surface area contributed by atoms with E-state index in [1.807, 2.05) is 0 Å². The van der Waals surface area contributed by atoms with Crippen LogP contribution in [0.5, 0.6) is 0 Å². The van der Waals surface area contributed by atoms with Crippen LogP contribution >= 0.6 is 0 Å². The third-order valence-electron chi connectivity index (χ3n) is 4.77. The van der Waals surface area contributed by atoms with Crippen molar-refractivity contribution >= 4 is 5.91 Å². The molecule has 0 aromatic rings. The van der Waals surface area contributed by atoms with E-state index in [2.05, 4.69) is 12.2 Å². The Morgan fingerprint density at radius 2 is 2.20 bits per heavy atom. The Hall–Kier alpha value is -0.610. The van der Waals surface area contributed by atoms with Gasteiger partial charge in [0.15, 0.2) is 0 Å². The zero-order chi connectivity index (χ0) is 14.4. The first-order valence-corrected chi connectivity index (χ1v) is 8.17. The second-order valence-corrected chi connectivity index (χ2v) is 6.72. The number of amides is 1. The fraction of sp³-hybridized carbons (Fsp3) is 0.938. The monoisotopic (exact) mass is 283 g/mol. The Balaban J connectivity index is 1.76. The summed E-state index contributed by atoms with van der Waals surface area (Å²) in [5.74, 6) is 0.653. The molecule has 4 nitrogen and oxygen atoms in total. The average Bonchev–Trinajstić information content (AvgIpc) is 2.46. The van der Waals surface area contributed by atoms with E-state index < -0.39 is 0 Å². The maximum atomic E-state index is 12.1. The minimum Gasteiger partial charge on any atom is -0.394 e. The SMILES string of the molecule is CC1CCCC(CO)(NC(=O)CCC2CCCCO2)C1. The quantitative estimate of drug-likeness (QED) is 0.814. The van der Waals surface area contributed by atoms with Crippen molar-refractivity contribution in [3.63, 3.8) is 0 Å². The topological polar surface area (TPSA) is 58.6 Å². The van der Waals surface area contributed by atoms with Gasteiger partial charge in [0.05, 0.1) is 18.2 Å². The van der Waals surface area contributed by atoms with E-state index in [0.29, 0.717) is 12.3 Å². The van der Waals surface area contributed by atoms with Crippen molar-refractivity contribution in [1.82, 2.24) is 5.32 Å². The van der Waals surface area contributed by atoms with Crippen LogP contribution in [-0.4, -0.2) is 35.9 Å². The Kier molecular flexibility index (Phi) is 5.85. The fourth-order valence-electron chi connectivity index (χ4n) is 3.64. The number of carbonyl (C=O) groups excluding carboxylic acids is 1. The van der Waals surface area contributed by atoms with Crippen molar-refractivity contribution in [3.05, 3.63) is 0 Å². The number of aliphatic hydroxyl groups excluding tert-OH is 1. The molecule has 0 aromatic heterocycles. The largest absolute Gasteiger partial charge is 0.394 e. The average molecular weight is 283 g/mol. The van der Waals surface area contributed by atoms with Gasteiger partial charge in [0.1, 0.15) is 0 Å². The molecule has 0 spiro atoms. The molecule has 1 aliphatic heterocycles. The molecular formula is C16H29NO3. The molecule has 1 saturated heterocycles. The van der Waals surface area contributed by atoms with E-state index >= 15 is 0 Å². The number of hydrogen-bond acceptors (Lipinski definition) is 3. The van der Waals surface area contributed by atoms with Crippen LogP contribution in [0.4, 0.5) is 0 Å². The maximum absolute atomic E-state index is 12.1. The first-order chi connectivity index (χ1) is 9.63. The lowest BCUT2D eigenvalue weighted by atomic mass is 9.76. The van der Waals surface area contributed by atoms with Gasteiger partial charge in [-0.1, -0.05) is 19.8 Å². The molecule has 2 aliphatic rings. The summed E-state index contributed by atoms with van der Waals surface area (Å²) in [6.45, 7) is 3.10. The molecule has 1 heterocycles. The molecule has 2 rings (SSSR count). The number of rotatable bonds is 5. The highest BCUT2D eigenvalue weighted by Gasteiger charge is 2.35. The Morgan fingerprint density at radius 1 is 1.35 bits per heavy atom. The zero-order valence-electron chi connectivity index (χ0n) is 12.7. The summed E-state index contributed by atoms with van der Waals surface area (Å²) in [7, 11) is 0. The van der Waals surface area contributed by atoms with Crippen molar-refractivity contribution in [2.45, 2.75) is 76.4 Å².